The van der Waals surface area contributed by atoms with E-state index in [2.05, 4.69) is 17.4 Å². The molecule has 0 spiro atoms. The number of hydrogen-bond donors (Lipinski definition) is 3. The first-order chi connectivity index (χ1) is 23.4. The first kappa shape index (κ1) is 35.1. The number of aliphatic hydroxyl groups excluding tert-OH is 1. The summed E-state index contributed by atoms with van der Waals surface area (Å²) >= 11 is 1.46. The van der Waals surface area contributed by atoms with Crippen LogP contribution in [0.4, 0.5) is 0 Å². The van der Waals surface area contributed by atoms with Gasteiger partial charge in [0.15, 0.2) is 12.5 Å². The Morgan fingerprint density at radius 1 is 0.833 bits per heavy atom. The van der Waals surface area contributed by atoms with Gasteiger partial charge in [0.2, 0.25) is 5.91 Å². The molecule has 2 heterocycles. The second kappa shape index (κ2) is 17.8. The van der Waals surface area contributed by atoms with Crippen molar-refractivity contribution >= 4 is 23.6 Å². The Bertz CT molecular complexity index is 1650. The van der Waals surface area contributed by atoms with Crippen molar-refractivity contribution in [2.24, 2.45) is 0 Å². The highest BCUT2D eigenvalue weighted by molar-refractivity contribution is 7.99. The number of thioether (sulfide) groups is 1. The number of aliphatic hydroxyl groups is 1. The molecular formula is C38H42N2O7S. The molecule has 0 radical (unpaired) electrons. The first-order valence-electron chi connectivity index (χ1n) is 16.4. The van der Waals surface area contributed by atoms with Crippen molar-refractivity contribution in [1.82, 2.24) is 5.32 Å². The summed E-state index contributed by atoms with van der Waals surface area (Å²) in [4.78, 5) is 23.0. The number of aromatic nitrogens is 1. The third-order valence-corrected chi connectivity index (χ3v) is 9.42. The molecule has 0 saturated carbocycles. The van der Waals surface area contributed by atoms with Gasteiger partial charge in [-0.2, -0.15) is 4.73 Å². The van der Waals surface area contributed by atoms with Crippen LogP contribution >= 0.6 is 11.8 Å². The summed E-state index contributed by atoms with van der Waals surface area (Å²) in [5, 5.41) is 34.1. The van der Waals surface area contributed by atoms with E-state index in [9.17, 15) is 19.9 Å². The standard InChI is InChI=1S/C38H42N2O7S/c41-25-27-16-18-29(19-17-27)34-23-33(26-48-36-14-5-6-20-40(36)45)46-38(47-34)32-12-8-11-31(22-32)30-10-7-9-28(21-30)24-39-35(42)13-3-1-2-4-15-37(43)44/h5-12,14,16-22,33-34,38,41H,1-4,13,15,23-26H2,(H,39,42)(H,43,44). The lowest BCUT2D eigenvalue weighted by Gasteiger charge is -2.36. The van der Waals surface area contributed by atoms with E-state index in [1.807, 2.05) is 66.7 Å². The van der Waals surface area contributed by atoms with Crippen molar-refractivity contribution in [1.29, 1.82) is 0 Å². The van der Waals surface area contributed by atoms with Crippen LogP contribution in [0.5, 0.6) is 0 Å². The highest BCUT2D eigenvalue weighted by Crippen LogP contribution is 2.40. The number of nitrogens with zero attached hydrogens (tertiary/aromatic N) is 1. The fraction of sp³-hybridized carbons (Fsp3) is 0.342. The molecule has 1 aliphatic heterocycles. The molecule has 0 bridgehead atoms. The van der Waals surface area contributed by atoms with Gasteiger partial charge >= 0.3 is 5.97 Å². The van der Waals surface area contributed by atoms with Crippen LogP contribution in [0.1, 0.15) is 79.6 Å². The summed E-state index contributed by atoms with van der Waals surface area (Å²) in [6.45, 7) is 0.391. The molecule has 3 aromatic carbocycles. The minimum Gasteiger partial charge on any atom is -0.618 e. The molecule has 48 heavy (non-hydrogen) atoms. The molecule has 1 saturated heterocycles. The Hall–Kier alpha value is -4.22. The van der Waals surface area contributed by atoms with Crippen LogP contribution in [-0.2, 0) is 32.2 Å². The summed E-state index contributed by atoms with van der Waals surface area (Å²) in [5.74, 6) is -0.219. The Morgan fingerprint density at radius 2 is 1.58 bits per heavy atom. The maximum atomic E-state index is 12.4. The zero-order chi connectivity index (χ0) is 33.7. The molecular weight excluding hydrogens is 628 g/mol. The number of carbonyl (C=O) groups is 2. The highest BCUT2D eigenvalue weighted by atomic mass is 32.2. The van der Waals surface area contributed by atoms with Gasteiger partial charge < -0.3 is 30.2 Å². The van der Waals surface area contributed by atoms with Crippen LogP contribution < -0.4 is 10.0 Å². The van der Waals surface area contributed by atoms with E-state index in [0.717, 1.165) is 57.4 Å². The number of carbonyl (C=O) groups excluding carboxylic acids is 1. The number of amides is 1. The van der Waals surface area contributed by atoms with Crippen molar-refractivity contribution in [2.45, 2.75) is 81.6 Å². The molecule has 3 unspecified atom stereocenters. The zero-order valence-corrected chi connectivity index (χ0v) is 27.6. The highest BCUT2D eigenvalue weighted by Gasteiger charge is 2.33. The van der Waals surface area contributed by atoms with E-state index in [-0.39, 0.29) is 31.1 Å². The Kier molecular flexibility index (Phi) is 13.0. The summed E-state index contributed by atoms with van der Waals surface area (Å²) in [5.41, 5.74) is 5.69. The van der Waals surface area contributed by atoms with Gasteiger partial charge in [-0.15, -0.1) is 0 Å². The number of aliphatic carboxylic acids is 1. The lowest BCUT2D eigenvalue weighted by Crippen LogP contribution is -2.32. The molecule has 9 nitrogen and oxygen atoms in total. The average Bonchev–Trinajstić information content (AvgIpc) is 3.12. The van der Waals surface area contributed by atoms with Gasteiger partial charge in [-0.05, 0) is 58.9 Å². The van der Waals surface area contributed by atoms with Crippen LogP contribution in [0.15, 0.2) is 102 Å². The number of benzene rings is 3. The number of hydrogen-bond acceptors (Lipinski definition) is 7. The normalized spacial score (nSPS) is 17.6. The summed E-state index contributed by atoms with van der Waals surface area (Å²) < 4.78 is 13.9. The Labute approximate surface area is 285 Å². The van der Waals surface area contributed by atoms with Crippen molar-refractivity contribution in [3.8, 4) is 11.1 Å². The van der Waals surface area contributed by atoms with Gasteiger partial charge in [0.1, 0.15) is 0 Å². The van der Waals surface area contributed by atoms with E-state index in [0.29, 0.717) is 36.6 Å². The van der Waals surface area contributed by atoms with Crippen LogP contribution in [0.3, 0.4) is 0 Å². The van der Waals surface area contributed by atoms with Crippen LogP contribution in [0, 0.1) is 5.21 Å². The van der Waals surface area contributed by atoms with Crippen LogP contribution in [0.2, 0.25) is 0 Å². The van der Waals surface area contributed by atoms with E-state index in [4.69, 9.17) is 14.6 Å². The second-order valence-corrected chi connectivity index (χ2v) is 13.0. The maximum Gasteiger partial charge on any atom is 0.303 e. The Morgan fingerprint density at radius 3 is 2.33 bits per heavy atom. The number of unbranched alkanes of at least 4 members (excludes halogenated alkanes) is 3. The number of nitrogens with one attached hydrogen (secondary N) is 1. The van der Waals surface area contributed by atoms with Gasteiger partial charge in [0, 0.05) is 49.3 Å². The van der Waals surface area contributed by atoms with Gasteiger partial charge in [0.05, 0.1) is 18.8 Å². The zero-order valence-electron chi connectivity index (χ0n) is 26.8. The molecule has 10 heteroatoms. The molecule has 4 aromatic rings. The summed E-state index contributed by atoms with van der Waals surface area (Å²) in [7, 11) is 0. The van der Waals surface area contributed by atoms with Crippen molar-refractivity contribution in [3.05, 3.63) is 125 Å². The third kappa shape index (κ3) is 10.4. The number of carboxylic acids is 1. The minimum absolute atomic E-state index is 0.0159. The third-order valence-electron chi connectivity index (χ3n) is 8.27. The monoisotopic (exact) mass is 670 g/mol. The van der Waals surface area contributed by atoms with E-state index < -0.39 is 12.3 Å². The summed E-state index contributed by atoms with van der Waals surface area (Å²) in [6, 6.07) is 29.3. The first-order valence-corrected chi connectivity index (χ1v) is 17.4. The molecule has 1 aliphatic rings. The lowest BCUT2D eigenvalue weighted by molar-refractivity contribution is -0.645. The quantitative estimate of drug-likeness (QED) is 0.0510. The van der Waals surface area contributed by atoms with E-state index in [1.54, 1.807) is 12.1 Å². The average molecular weight is 671 g/mol. The van der Waals surface area contributed by atoms with Crippen molar-refractivity contribution in [2.75, 3.05) is 5.75 Å². The van der Waals surface area contributed by atoms with Crippen molar-refractivity contribution in [3.63, 3.8) is 0 Å². The van der Waals surface area contributed by atoms with Gasteiger partial charge in [-0.25, -0.2) is 0 Å². The van der Waals surface area contributed by atoms with Gasteiger partial charge in [-0.1, -0.05) is 85.3 Å². The lowest BCUT2D eigenvalue weighted by atomic mass is 9.99. The van der Waals surface area contributed by atoms with E-state index >= 15 is 0 Å². The predicted octanol–water partition coefficient (Wildman–Crippen LogP) is 6.86. The fourth-order valence-electron chi connectivity index (χ4n) is 5.66. The second-order valence-electron chi connectivity index (χ2n) is 11.9. The number of ether oxygens (including phenoxy) is 2. The summed E-state index contributed by atoms with van der Waals surface area (Å²) in [6.07, 6.45) is 4.67. The molecule has 1 fully saturated rings. The van der Waals surface area contributed by atoms with Crippen molar-refractivity contribution < 1.29 is 34.0 Å². The van der Waals surface area contributed by atoms with E-state index in [1.165, 1.54) is 18.0 Å². The SMILES string of the molecule is O=C(O)CCCCCCC(=O)NCc1cccc(-c2cccc(C3OC(CSc4cccc[n+]4[O-])CC(c4ccc(CO)cc4)O3)c2)c1. The fourth-order valence-corrected chi connectivity index (χ4v) is 6.59. The predicted molar refractivity (Wildman–Crippen MR) is 184 cm³/mol. The molecule has 3 atom stereocenters. The van der Waals surface area contributed by atoms with Crippen LogP contribution in [-0.4, -0.2) is 33.9 Å². The molecule has 3 N–H and O–H groups in total. The molecule has 5 rings (SSSR count). The minimum atomic E-state index is -0.782. The number of carboxylic acid groups (broad SMARTS) is 1. The van der Waals surface area contributed by atoms with Crippen LogP contribution in [0.25, 0.3) is 11.1 Å². The number of pyridine rings is 1. The molecule has 1 aromatic heterocycles. The van der Waals surface area contributed by atoms with Gasteiger partial charge in [0.25, 0.3) is 5.03 Å². The molecule has 252 valence electrons. The smallest absolute Gasteiger partial charge is 0.303 e. The Balaban J connectivity index is 1.24. The maximum absolute atomic E-state index is 12.4. The number of rotatable bonds is 16. The molecule has 1 amide bonds. The van der Waals surface area contributed by atoms with Gasteiger partial charge in [-0.3, -0.25) is 9.59 Å². The molecule has 0 aliphatic carbocycles. The topological polar surface area (TPSA) is 132 Å². The largest absolute Gasteiger partial charge is 0.618 e.